The lowest BCUT2D eigenvalue weighted by molar-refractivity contribution is 0.244. The summed E-state index contributed by atoms with van der Waals surface area (Å²) in [7, 11) is 0. The van der Waals surface area contributed by atoms with Crippen LogP contribution in [0.2, 0.25) is 5.02 Å². The Kier molecular flexibility index (Phi) is 5.69. The molecule has 33 heavy (non-hydrogen) atoms. The summed E-state index contributed by atoms with van der Waals surface area (Å²) in [6.45, 7) is 4.83. The topological polar surface area (TPSA) is 21.1 Å². The van der Waals surface area contributed by atoms with E-state index in [2.05, 4.69) is 52.1 Å². The molecule has 0 atom stereocenters. The molecule has 3 nitrogen and oxygen atoms in total. The van der Waals surface area contributed by atoms with Gasteiger partial charge in [-0.15, -0.1) is 0 Å². The third-order valence-electron chi connectivity index (χ3n) is 7.09. The van der Waals surface area contributed by atoms with E-state index in [-0.39, 0.29) is 0 Å². The van der Waals surface area contributed by atoms with Crippen molar-refractivity contribution in [2.45, 2.75) is 32.2 Å². The molecule has 168 valence electrons. The maximum atomic E-state index is 6.01. The Bertz CT molecular complexity index is 1220. The van der Waals surface area contributed by atoms with Crippen molar-refractivity contribution in [3.63, 3.8) is 0 Å². The van der Waals surface area contributed by atoms with E-state index < -0.39 is 0 Å². The van der Waals surface area contributed by atoms with Crippen LogP contribution in [-0.4, -0.2) is 34.1 Å². The van der Waals surface area contributed by atoms with E-state index in [1.165, 1.54) is 49.7 Å². The summed E-state index contributed by atoms with van der Waals surface area (Å²) < 4.78 is 2.42. The van der Waals surface area contributed by atoms with Crippen LogP contribution in [0.5, 0.6) is 0 Å². The normalized spacial score (nSPS) is 16.1. The van der Waals surface area contributed by atoms with E-state index in [1.807, 2.05) is 30.5 Å². The van der Waals surface area contributed by atoms with Crippen LogP contribution in [-0.2, 0) is 6.54 Å². The van der Waals surface area contributed by atoms with Gasteiger partial charge in [0.15, 0.2) is 0 Å². The molecule has 4 heteroatoms. The van der Waals surface area contributed by atoms with Gasteiger partial charge < -0.3 is 9.47 Å². The van der Waals surface area contributed by atoms with Gasteiger partial charge >= 0.3 is 0 Å². The lowest BCUT2D eigenvalue weighted by atomic mass is 10.1. The van der Waals surface area contributed by atoms with Gasteiger partial charge in [-0.3, -0.25) is 4.98 Å². The van der Waals surface area contributed by atoms with Crippen molar-refractivity contribution in [1.29, 1.82) is 0 Å². The SMILES string of the molecule is Clc1ccc(-c2ccc(-c3ccc4c(ccn4CCN(CC4CC4)CC4CC4)c3)nc2)cc1. The van der Waals surface area contributed by atoms with Crippen LogP contribution in [0.25, 0.3) is 33.3 Å². The average molecular weight is 456 g/mol. The second kappa shape index (κ2) is 8.96. The minimum absolute atomic E-state index is 0.752. The van der Waals surface area contributed by atoms with Crippen LogP contribution < -0.4 is 0 Å². The Balaban J connectivity index is 1.16. The van der Waals surface area contributed by atoms with Crippen LogP contribution in [0.4, 0.5) is 0 Å². The van der Waals surface area contributed by atoms with Gasteiger partial charge in [0, 0.05) is 65.6 Å². The maximum absolute atomic E-state index is 6.01. The highest BCUT2D eigenvalue weighted by Gasteiger charge is 2.28. The van der Waals surface area contributed by atoms with Gasteiger partial charge in [0.1, 0.15) is 0 Å². The van der Waals surface area contributed by atoms with E-state index in [4.69, 9.17) is 16.6 Å². The Morgan fingerprint density at radius 1 is 0.818 bits per heavy atom. The van der Waals surface area contributed by atoms with Gasteiger partial charge in [-0.1, -0.05) is 35.9 Å². The van der Waals surface area contributed by atoms with Crippen molar-refractivity contribution < 1.29 is 0 Å². The number of hydrogen-bond acceptors (Lipinski definition) is 2. The number of benzene rings is 2. The molecular formula is C29H30ClN3. The Morgan fingerprint density at radius 2 is 1.52 bits per heavy atom. The van der Waals surface area contributed by atoms with E-state index >= 15 is 0 Å². The molecule has 0 unspecified atom stereocenters. The molecule has 2 aliphatic rings. The molecule has 2 saturated carbocycles. The monoisotopic (exact) mass is 455 g/mol. The summed E-state index contributed by atoms with van der Waals surface area (Å²) >= 11 is 6.01. The van der Waals surface area contributed by atoms with Gasteiger partial charge in [0.2, 0.25) is 0 Å². The third-order valence-corrected chi connectivity index (χ3v) is 7.34. The smallest absolute Gasteiger partial charge is 0.0702 e. The molecule has 0 saturated heterocycles. The van der Waals surface area contributed by atoms with Crippen LogP contribution in [0.15, 0.2) is 73.1 Å². The molecule has 2 fully saturated rings. The molecule has 0 bridgehead atoms. The fourth-order valence-corrected chi connectivity index (χ4v) is 4.90. The summed E-state index contributed by atoms with van der Waals surface area (Å²) in [5, 5.41) is 2.04. The minimum atomic E-state index is 0.752. The first-order chi connectivity index (χ1) is 16.2. The number of fused-ring (bicyclic) bond motifs is 1. The fraction of sp³-hybridized carbons (Fsp3) is 0.345. The number of nitrogens with zero attached hydrogens (tertiary/aromatic N) is 3. The summed E-state index contributed by atoms with van der Waals surface area (Å²) in [6.07, 6.45) is 9.94. The number of aromatic nitrogens is 2. The van der Waals surface area contributed by atoms with Gasteiger partial charge in [-0.05, 0) is 79.5 Å². The van der Waals surface area contributed by atoms with Gasteiger partial charge in [-0.2, -0.15) is 0 Å². The van der Waals surface area contributed by atoms with Crippen molar-refractivity contribution >= 4 is 22.5 Å². The molecule has 2 aromatic carbocycles. The molecular weight excluding hydrogens is 426 g/mol. The Hall–Kier alpha value is -2.62. The quantitative estimate of drug-likeness (QED) is 0.267. The number of rotatable bonds is 9. The van der Waals surface area contributed by atoms with Crippen LogP contribution in [0.1, 0.15) is 25.7 Å². The van der Waals surface area contributed by atoms with Gasteiger partial charge in [-0.25, -0.2) is 0 Å². The highest BCUT2D eigenvalue weighted by molar-refractivity contribution is 6.30. The van der Waals surface area contributed by atoms with Crippen molar-refractivity contribution in [2.75, 3.05) is 19.6 Å². The van der Waals surface area contributed by atoms with Crippen molar-refractivity contribution in [2.24, 2.45) is 11.8 Å². The van der Waals surface area contributed by atoms with Gasteiger partial charge in [0.25, 0.3) is 0 Å². The third kappa shape index (κ3) is 5.00. The molecule has 0 amide bonds. The number of halogens is 1. The molecule has 6 rings (SSSR count). The molecule has 0 N–H and O–H groups in total. The first-order valence-corrected chi connectivity index (χ1v) is 12.6. The average Bonchev–Trinajstić information content (AvgIpc) is 3.78. The zero-order valence-electron chi connectivity index (χ0n) is 19.0. The van der Waals surface area contributed by atoms with E-state index in [0.29, 0.717) is 0 Å². The predicted octanol–water partition coefficient (Wildman–Crippen LogP) is 7.15. The summed E-state index contributed by atoms with van der Waals surface area (Å²) in [5.41, 5.74) is 5.71. The van der Waals surface area contributed by atoms with Crippen molar-refractivity contribution in [3.05, 3.63) is 78.1 Å². The second-order valence-corrected chi connectivity index (χ2v) is 10.3. The van der Waals surface area contributed by atoms with Crippen molar-refractivity contribution in [1.82, 2.24) is 14.5 Å². The fourth-order valence-electron chi connectivity index (χ4n) is 4.77. The van der Waals surface area contributed by atoms with Crippen LogP contribution >= 0.6 is 11.6 Å². The zero-order valence-corrected chi connectivity index (χ0v) is 19.7. The molecule has 0 aliphatic heterocycles. The summed E-state index contributed by atoms with van der Waals surface area (Å²) in [6, 6.07) is 21.1. The molecule has 2 aliphatic carbocycles. The lowest BCUT2D eigenvalue weighted by Crippen LogP contribution is -2.31. The highest BCUT2D eigenvalue weighted by atomic mass is 35.5. The molecule has 2 aromatic heterocycles. The molecule has 4 aromatic rings. The minimum Gasteiger partial charge on any atom is -0.346 e. The molecule has 2 heterocycles. The Labute approximate surface area is 201 Å². The standard InChI is InChI=1S/C29H30ClN3/c30-27-9-5-23(6-10-27)26-7-11-28(31-18-26)24-8-12-29-25(17-24)13-14-33(29)16-15-32(19-21-1-2-21)20-22-3-4-22/h5-14,17-18,21-22H,1-4,15-16,19-20H2. The van der Waals surface area contributed by atoms with E-state index in [1.54, 1.807) is 0 Å². The maximum Gasteiger partial charge on any atom is 0.0702 e. The summed E-state index contributed by atoms with van der Waals surface area (Å²) in [5.74, 6) is 1.93. The van der Waals surface area contributed by atoms with Crippen LogP contribution in [0, 0.1) is 11.8 Å². The van der Waals surface area contributed by atoms with Crippen LogP contribution in [0.3, 0.4) is 0 Å². The van der Waals surface area contributed by atoms with E-state index in [0.717, 1.165) is 52.3 Å². The number of pyridine rings is 1. The molecule has 0 spiro atoms. The zero-order chi connectivity index (χ0) is 22.2. The first kappa shape index (κ1) is 20.9. The lowest BCUT2D eigenvalue weighted by Gasteiger charge is -2.22. The largest absolute Gasteiger partial charge is 0.346 e. The Morgan fingerprint density at radius 3 is 2.18 bits per heavy atom. The molecule has 0 radical (unpaired) electrons. The van der Waals surface area contributed by atoms with E-state index in [9.17, 15) is 0 Å². The van der Waals surface area contributed by atoms with Crippen molar-refractivity contribution in [3.8, 4) is 22.4 Å². The van der Waals surface area contributed by atoms with Gasteiger partial charge in [0.05, 0.1) is 5.69 Å². The first-order valence-electron chi connectivity index (χ1n) is 12.2. The summed E-state index contributed by atoms with van der Waals surface area (Å²) in [4.78, 5) is 7.47. The second-order valence-electron chi connectivity index (χ2n) is 9.87. The predicted molar refractivity (Wildman–Crippen MR) is 138 cm³/mol. The highest BCUT2D eigenvalue weighted by Crippen LogP contribution is 2.34. The number of hydrogen-bond donors (Lipinski definition) is 0.